The molecule has 2 aromatic carbocycles. The summed E-state index contributed by atoms with van der Waals surface area (Å²) in [6.07, 6.45) is 4.34. The summed E-state index contributed by atoms with van der Waals surface area (Å²) >= 11 is 6.44. The van der Waals surface area contributed by atoms with Gasteiger partial charge in [-0.25, -0.2) is 9.38 Å². The van der Waals surface area contributed by atoms with E-state index in [9.17, 15) is 4.39 Å². The Balaban J connectivity index is 1.76. The minimum atomic E-state index is -0.216. The van der Waals surface area contributed by atoms with Crippen molar-refractivity contribution in [2.75, 3.05) is 25.0 Å². The number of aryl methyl sites for hydroxylation is 1. The van der Waals surface area contributed by atoms with E-state index in [1.165, 1.54) is 18.9 Å². The summed E-state index contributed by atoms with van der Waals surface area (Å²) in [5.41, 5.74) is 3.83. The zero-order valence-electron chi connectivity index (χ0n) is 14.7. The van der Waals surface area contributed by atoms with Crippen LogP contribution in [0.5, 0.6) is 0 Å². The van der Waals surface area contributed by atoms with Crippen molar-refractivity contribution in [2.24, 2.45) is 4.99 Å². The average Bonchev–Trinajstić information content (AvgIpc) is 3.08. The number of nitrogens with zero attached hydrogens (tertiary/aromatic N) is 3. The smallest absolute Gasteiger partial charge is 0.123 e. The van der Waals surface area contributed by atoms with Crippen LogP contribution in [0.2, 0.25) is 5.02 Å². The molecule has 0 aromatic heterocycles. The first-order valence-corrected chi connectivity index (χ1v) is 8.95. The van der Waals surface area contributed by atoms with Crippen molar-refractivity contribution in [3.63, 3.8) is 0 Å². The number of halogens is 2. The van der Waals surface area contributed by atoms with Crippen molar-refractivity contribution >= 4 is 29.3 Å². The van der Waals surface area contributed by atoms with Gasteiger partial charge in [-0.05, 0) is 55.2 Å². The summed E-state index contributed by atoms with van der Waals surface area (Å²) in [6.45, 7) is 4.79. The van der Waals surface area contributed by atoms with Crippen LogP contribution in [0.15, 0.2) is 41.4 Å². The van der Waals surface area contributed by atoms with Crippen LogP contribution in [-0.4, -0.2) is 31.4 Å². The lowest BCUT2D eigenvalue weighted by Crippen LogP contribution is -2.17. The molecule has 3 rings (SSSR count). The van der Waals surface area contributed by atoms with Crippen LogP contribution in [0, 0.1) is 12.7 Å². The quantitative estimate of drug-likeness (QED) is 0.541. The van der Waals surface area contributed by atoms with E-state index in [1.54, 1.807) is 12.1 Å². The third-order valence-electron chi connectivity index (χ3n) is 4.49. The van der Waals surface area contributed by atoms with Crippen molar-refractivity contribution in [2.45, 2.75) is 26.3 Å². The van der Waals surface area contributed by atoms with Crippen LogP contribution in [0.25, 0.3) is 0 Å². The van der Waals surface area contributed by atoms with Crippen molar-refractivity contribution in [1.82, 2.24) is 4.90 Å². The van der Waals surface area contributed by atoms with Gasteiger partial charge in [-0.3, -0.25) is 0 Å². The van der Waals surface area contributed by atoms with E-state index >= 15 is 0 Å². The number of hydrogen-bond donors (Lipinski definition) is 0. The Labute approximate surface area is 153 Å². The molecule has 1 fully saturated rings. The number of rotatable bonds is 5. The van der Waals surface area contributed by atoms with Gasteiger partial charge in [0.15, 0.2) is 0 Å². The van der Waals surface area contributed by atoms with Gasteiger partial charge in [-0.2, -0.15) is 0 Å². The van der Waals surface area contributed by atoms with Crippen LogP contribution in [-0.2, 0) is 6.54 Å². The van der Waals surface area contributed by atoms with Crippen molar-refractivity contribution in [3.8, 4) is 0 Å². The summed E-state index contributed by atoms with van der Waals surface area (Å²) in [4.78, 5) is 8.84. The third-order valence-corrected chi connectivity index (χ3v) is 4.79. The van der Waals surface area contributed by atoms with Crippen LogP contribution < -0.4 is 4.90 Å². The fourth-order valence-corrected chi connectivity index (χ4v) is 3.37. The first-order chi connectivity index (χ1) is 12.0. The van der Waals surface area contributed by atoms with Gasteiger partial charge in [0.1, 0.15) is 5.82 Å². The van der Waals surface area contributed by atoms with Crippen LogP contribution in [0.4, 0.5) is 15.8 Å². The number of anilines is 1. The first-order valence-electron chi connectivity index (χ1n) is 8.57. The van der Waals surface area contributed by atoms with E-state index in [2.05, 4.69) is 14.8 Å². The van der Waals surface area contributed by atoms with E-state index in [0.717, 1.165) is 35.6 Å². The third kappa shape index (κ3) is 4.51. The standard InChI is InChI=1S/C20H23ClFN3/c1-15-10-19(23-14-25-8-3-4-9-25)18(21)12-20(15)24(2)13-16-6-5-7-17(22)11-16/h5-7,10-12,14H,3-4,8-9,13H2,1-2H3. The zero-order valence-corrected chi connectivity index (χ0v) is 15.4. The van der Waals surface area contributed by atoms with Gasteiger partial charge in [-0.15, -0.1) is 0 Å². The molecule has 0 amide bonds. The Hall–Kier alpha value is -2.07. The van der Waals surface area contributed by atoms with Crippen LogP contribution >= 0.6 is 11.6 Å². The lowest BCUT2D eigenvalue weighted by atomic mass is 10.1. The predicted octanol–water partition coefficient (Wildman–Crippen LogP) is 5.18. The minimum absolute atomic E-state index is 0.216. The van der Waals surface area contributed by atoms with E-state index in [0.29, 0.717) is 11.6 Å². The van der Waals surface area contributed by atoms with Crippen molar-refractivity contribution in [1.29, 1.82) is 0 Å². The van der Waals surface area contributed by atoms with Gasteiger partial charge in [0.2, 0.25) is 0 Å². The Bertz CT molecular complexity index is 770. The van der Waals surface area contributed by atoms with Gasteiger partial charge in [0, 0.05) is 32.4 Å². The van der Waals surface area contributed by atoms with Gasteiger partial charge in [-0.1, -0.05) is 23.7 Å². The predicted molar refractivity (Wildman–Crippen MR) is 104 cm³/mol. The number of benzene rings is 2. The van der Waals surface area contributed by atoms with E-state index in [-0.39, 0.29) is 5.82 Å². The monoisotopic (exact) mass is 359 g/mol. The van der Waals surface area contributed by atoms with E-state index in [1.807, 2.05) is 38.5 Å². The molecule has 0 aliphatic carbocycles. The maximum Gasteiger partial charge on any atom is 0.123 e. The molecule has 0 unspecified atom stereocenters. The van der Waals surface area contributed by atoms with Crippen LogP contribution in [0.1, 0.15) is 24.0 Å². The maximum absolute atomic E-state index is 13.4. The first kappa shape index (κ1) is 17.7. The number of aliphatic imine (C=N–C) groups is 1. The molecule has 2 aromatic rings. The highest BCUT2D eigenvalue weighted by Gasteiger charge is 2.11. The summed E-state index contributed by atoms with van der Waals surface area (Å²) in [5.74, 6) is -0.216. The summed E-state index contributed by atoms with van der Waals surface area (Å²) in [5, 5.41) is 0.627. The van der Waals surface area contributed by atoms with Gasteiger partial charge < -0.3 is 9.80 Å². The number of hydrogen-bond acceptors (Lipinski definition) is 2. The van der Waals surface area contributed by atoms with Gasteiger partial charge >= 0.3 is 0 Å². The largest absolute Gasteiger partial charge is 0.370 e. The zero-order chi connectivity index (χ0) is 17.8. The Morgan fingerprint density at radius 2 is 2.00 bits per heavy atom. The lowest BCUT2D eigenvalue weighted by Gasteiger charge is -2.22. The SMILES string of the molecule is Cc1cc(N=CN2CCCC2)c(Cl)cc1N(C)Cc1cccc(F)c1. The molecule has 0 saturated carbocycles. The molecule has 132 valence electrons. The highest BCUT2D eigenvalue weighted by atomic mass is 35.5. The van der Waals surface area contributed by atoms with Crippen molar-refractivity contribution < 1.29 is 4.39 Å². The van der Waals surface area contributed by atoms with Gasteiger partial charge in [0.25, 0.3) is 0 Å². The maximum atomic E-state index is 13.4. The molecule has 0 atom stereocenters. The highest BCUT2D eigenvalue weighted by molar-refractivity contribution is 6.33. The fourth-order valence-electron chi connectivity index (χ4n) is 3.16. The van der Waals surface area contributed by atoms with E-state index < -0.39 is 0 Å². The Morgan fingerprint density at radius 3 is 2.72 bits per heavy atom. The normalized spacial score (nSPS) is 14.5. The number of likely N-dealkylation sites (tertiary alicyclic amines) is 1. The van der Waals surface area contributed by atoms with Gasteiger partial charge in [0.05, 0.1) is 17.0 Å². The second-order valence-corrected chi connectivity index (χ2v) is 6.97. The van der Waals surface area contributed by atoms with Crippen molar-refractivity contribution in [3.05, 3.63) is 58.4 Å². The highest BCUT2D eigenvalue weighted by Crippen LogP contribution is 2.33. The molecule has 0 spiro atoms. The Kier molecular flexibility index (Phi) is 5.59. The minimum Gasteiger partial charge on any atom is -0.370 e. The second-order valence-electron chi connectivity index (χ2n) is 6.56. The lowest BCUT2D eigenvalue weighted by molar-refractivity contribution is 0.536. The average molecular weight is 360 g/mol. The summed E-state index contributed by atoms with van der Waals surface area (Å²) in [6, 6.07) is 10.6. The topological polar surface area (TPSA) is 18.8 Å². The molecule has 1 aliphatic rings. The van der Waals surface area contributed by atoms with E-state index in [4.69, 9.17) is 11.6 Å². The molecule has 1 saturated heterocycles. The summed E-state index contributed by atoms with van der Waals surface area (Å²) in [7, 11) is 1.98. The fraction of sp³-hybridized carbons (Fsp3) is 0.350. The molecule has 25 heavy (non-hydrogen) atoms. The molecule has 1 aliphatic heterocycles. The van der Waals surface area contributed by atoms with Crippen LogP contribution in [0.3, 0.4) is 0 Å². The molecular formula is C20H23ClFN3. The molecule has 5 heteroatoms. The molecule has 0 bridgehead atoms. The molecule has 0 N–H and O–H groups in total. The Morgan fingerprint density at radius 1 is 1.24 bits per heavy atom. The summed E-state index contributed by atoms with van der Waals surface area (Å²) < 4.78 is 13.4. The molecule has 3 nitrogen and oxygen atoms in total. The molecule has 0 radical (unpaired) electrons. The molecular weight excluding hydrogens is 337 g/mol. The molecule has 1 heterocycles. The second kappa shape index (κ2) is 7.87.